The molecule has 1 fully saturated rings. The van der Waals surface area contributed by atoms with Crippen LogP contribution in [0.2, 0.25) is 10.2 Å². The van der Waals surface area contributed by atoms with Gasteiger partial charge in [0.15, 0.2) is 0 Å². The van der Waals surface area contributed by atoms with E-state index in [0.29, 0.717) is 5.92 Å². The second-order valence-corrected chi connectivity index (χ2v) is 6.82. The number of pyridine rings is 1. The van der Waals surface area contributed by atoms with E-state index in [1.807, 2.05) is 0 Å². The maximum absolute atomic E-state index is 12.0. The second-order valence-electron chi connectivity index (χ2n) is 4.34. The molecular weight excluding hydrogens is 283 g/mol. The summed E-state index contributed by atoms with van der Waals surface area (Å²) in [4.78, 5) is 3.77. The van der Waals surface area contributed by atoms with Crippen LogP contribution in [0.15, 0.2) is 17.2 Å². The van der Waals surface area contributed by atoms with Gasteiger partial charge in [0.25, 0.3) is 0 Å². The van der Waals surface area contributed by atoms with Gasteiger partial charge < -0.3 is 0 Å². The first-order valence-electron chi connectivity index (χ1n) is 5.22. The van der Waals surface area contributed by atoms with E-state index in [0.717, 1.165) is 12.8 Å². The highest BCUT2D eigenvalue weighted by atomic mass is 35.5. The fourth-order valence-corrected chi connectivity index (χ4v) is 3.40. The lowest BCUT2D eigenvalue weighted by Gasteiger charge is -2.32. The van der Waals surface area contributed by atoms with Crippen LogP contribution in [0.5, 0.6) is 0 Å². The first-order chi connectivity index (χ1) is 7.88. The number of halogens is 2. The highest BCUT2D eigenvalue weighted by Crippen LogP contribution is 2.28. The minimum Gasteiger partial charge on any atom is -0.242 e. The summed E-state index contributed by atoms with van der Waals surface area (Å²) in [6, 6.07) is 1.32. The quantitative estimate of drug-likeness (QED) is 0.871. The number of nitrogens with zero attached hydrogens (tertiary/aromatic N) is 1. The van der Waals surface area contributed by atoms with E-state index in [-0.39, 0.29) is 21.1 Å². The number of sulfonamides is 1. The van der Waals surface area contributed by atoms with Gasteiger partial charge in [-0.2, -0.15) is 0 Å². The molecule has 0 spiro atoms. The van der Waals surface area contributed by atoms with Crippen LogP contribution in [0, 0.1) is 5.92 Å². The molecule has 1 aromatic rings. The summed E-state index contributed by atoms with van der Waals surface area (Å²) >= 11 is 11.4. The van der Waals surface area contributed by atoms with Crippen LogP contribution in [0.3, 0.4) is 0 Å². The van der Waals surface area contributed by atoms with Gasteiger partial charge in [0, 0.05) is 12.2 Å². The summed E-state index contributed by atoms with van der Waals surface area (Å²) in [5, 5.41) is 0.236. The van der Waals surface area contributed by atoms with Gasteiger partial charge in [-0.15, -0.1) is 0 Å². The molecule has 1 heterocycles. The molecule has 94 valence electrons. The Hall–Kier alpha value is -0.360. The molecule has 1 saturated carbocycles. The van der Waals surface area contributed by atoms with E-state index in [4.69, 9.17) is 23.2 Å². The van der Waals surface area contributed by atoms with Crippen LogP contribution >= 0.6 is 23.2 Å². The van der Waals surface area contributed by atoms with Crippen LogP contribution in [-0.4, -0.2) is 19.4 Å². The van der Waals surface area contributed by atoms with Gasteiger partial charge in [0.1, 0.15) is 10.0 Å². The molecule has 1 aliphatic carbocycles. The van der Waals surface area contributed by atoms with Crippen molar-refractivity contribution in [1.29, 1.82) is 0 Å². The van der Waals surface area contributed by atoms with E-state index in [9.17, 15) is 8.42 Å². The molecule has 0 atom stereocenters. The average Bonchev–Trinajstić information content (AvgIpc) is 2.19. The molecule has 0 amide bonds. The van der Waals surface area contributed by atoms with Crippen LogP contribution in [0.25, 0.3) is 0 Å². The molecule has 0 radical (unpaired) electrons. The van der Waals surface area contributed by atoms with Gasteiger partial charge in [-0.05, 0) is 24.8 Å². The molecule has 1 N–H and O–H groups in total. The third-order valence-electron chi connectivity index (χ3n) is 2.78. The minimum atomic E-state index is -3.54. The topological polar surface area (TPSA) is 59.1 Å². The predicted molar refractivity (Wildman–Crippen MR) is 66.8 cm³/mol. The van der Waals surface area contributed by atoms with Gasteiger partial charge in [0.2, 0.25) is 10.0 Å². The molecule has 0 unspecified atom stereocenters. The number of hydrogen-bond donors (Lipinski definition) is 1. The van der Waals surface area contributed by atoms with E-state index in [2.05, 4.69) is 16.6 Å². The average molecular weight is 295 g/mol. The summed E-state index contributed by atoms with van der Waals surface area (Å²) < 4.78 is 26.5. The van der Waals surface area contributed by atoms with E-state index in [1.54, 1.807) is 0 Å². The zero-order valence-corrected chi connectivity index (χ0v) is 11.5. The predicted octanol–water partition coefficient (Wildman–Crippen LogP) is 2.47. The number of hydrogen-bond acceptors (Lipinski definition) is 3. The molecule has 0 saturated heterocycles. The van der Waals surface area contributed by atoms with Gasteiger partial charge in [-0.1, -0.05) is 30.1 Å². The maximum Gasteiger partial charge on any atom is 0.242 e. The lowest BCUT2D eigenvalue weighted by Crippen LogP contribution is -2.43. The van der Waals surface area contributed by atoms with E-state index in [1.165, 1.54) is 12.3 Å². The molecule has 2 rings (SSSR count). The number of nitrogens with one attached hydrogen (secondary N) is 1. The Morgan fingerprint density at radius 2 is 2.06 bits per heavy atom. The third-order valence-corrected chi connectivity index (χ3v) is 4.95. The summed E-state index contributed by atoms with van der Waals surface area (Å²) in [7, 11) is -3.54. The van der Waals surface area contributed by atoms with Crippen molar-refractivity contribution in [3.8, 4) is 0 Å². The molecular formula is C10H12Cl2N2O2S. The molecule has 1 aromatic heterocycles. The monoisotopic (exact) mass is 294 g/mol. The molecule has 1 aliphatic rings. The van der Waals surface area contributed by atoms with Gasteiger partial charge >= 0.3 is 0 Å². The normalized spacial score (nSPS) is 24.4. The molecule has 0 bridgehead atoms. The first kappa shape index (κ1) is 13.1. The standard InChI is InChI=1S/C10H12Cl2N2O2S/c1-6-2-7(3-6)14-17(15,16)8-4-9(11)10(12)13-5-8/h4-7,14H,2-3H2,1H3. The second kappa shape index (κ2) is 4.72. The maximum atomic E-state index is 12.0. The zero-order valence-electron chi connectivity index (χ0n) is 9.15. The van der Waals surface area contributed by atoms with Gasteiger partial charge in [-0.3, -0.25) is 0 Å². The van der Waals surface area contributed by atoms with Crippen LogP contribution in [-0.2, 0) is 10.0 Å². The van der Waals surface area contributed by atoms with Crippen LogP contribution in [0.4, 0.5) is 0 Å². The van der Waals surface area contributed by atoms with Crippen molar-refractivity contribution >= 4 is 33.2 Å². The highest BCUT2D eigenvalue weighted by Gasteiger charge is 2.30. The van der Waals surface area contributed by atoms with Crippen molar-refractivity contribution in [2.24, 2.45) is 5.92 Å². The summed E-state index contributed by atoms with van der Waals surface area (Å²) in [5.41, 5.74) is 0. The Balaban J connectivity index is 2.17. The van der Waals surface area contributed by atoms with Gasteiger partial charge in [0.05, 0.1) is 5.02 Å². The minimum absolute atomic E-state index is 0.0180. The van der Waals surface area contributed by atoms with Crippen LogP contribution in [0.1, 0.15) is 19.8 Å². The lowest BCUT2D eigenvalue weighted by molar-refractivity contribution is 0.270. The van der Waals surface area contributed by atoms with Crippen molar-refractivity contribution < 1.29 is 8.42 Å². The van der Waals surface area contributed by atoms with Crippen molar-refractivity contribution in [3.63, 3.8) is 0 Å². The smallest absolute Gasteiger partial charge is 0.242 e. The fourth-order valence-electron chi connectivity index (χ4n) is 1.84. The number of aromatic nitrogens is 1. The fraction of sp³-hybridized carbons (Fsp3) is 0.500. The van der Waals surface area contributed by atoms with Crippen molar-refractivity contribution in [3.05, 3.63) is 22.4 Å². The lowest BCUT2D eigenvalue weighted by atomic mass is 9.83. The zero-order chi connectivity index (χ0) is 12.6. The van der Waals surface area contributed by atoms with E-state index >= 15 is 0 Å². The Morgan fingerprint density at radius 3 is 2.59 bits per heavy atom. The van der Waals surface area contributed by atoms with E-state index < -0.39 is 10.0 Å². The Bertz CT molecular complexity index is 527. The SMILES string of the molecule is CC1CC(NS(=O)(=O)c2cnc(Cl)c(Cl)c2)C1. The van der Waals surface area contributed by atoms with Crippen molar-refractivity contribution in [1.82, 2.24) is 9.71 Å². The van der Waals surface area contributed by atoms with Crippen molar-refractivity contribution in [2.75, 3.05) is 0 Å². The number of rotatable bonds is 3. The van der Waals surface area contributed by atoms with Gasteiger partial charge in [-0.25, -0.2) is 18.1 Å². The molecule has 7 heteroatoms. The summed E-state index contributed by atoms with van der Waals surface area (Å²) in [5.74, 6) is 0.578. The molecule has 4 nitrogen and oxygen atoms in total. The largest absolute Gasteiger partial charge is 0.242 e. The van der Waals surface area contributed by atoms with Crippen molar-refractivity contribution in [2.45, 2.75) is 30.7 Å². The molecule has 0 aromatic carbocycles. The van der Waals surface area contributed by atoms with Crippen LogP contribution < -0.4 is 4.72 Å². The Kier molecular flexibility index (Phi) is 3.63. The molecule has 17 heavy (non-hydrogen) atoms. The summed E-state index contributed by atoms with van der Waals surface area (Å²) in [6.45, 7) is 2.09. The molecule has 0 aliphatic heterocycles. The summed E-state index contributed by atoms with van der Waals surface area (Å²) in [6.07, 6.45) is 2.95. The highest BCUT2D eigenvalue weighted by molar-refractivity contribution is 7.89. The first-order valence-corrected chi connectivity index (χ1v) is 7.46. The third kappa shape index (κ3) is 2.91. The Morgan fingerprint density at radius 1 is 1.41 bits per heavy atom. The Labute approximate surface area is 110 Å².